The minimum atomic E-state index is 0.0290. The summed E-state index contributed by atoms with van der Waals surface area (Å²) in [6.07, 6.45) is 0.988. The molecule has 1 atom stereocenters. The molecule has 0 aromatic heterocycles. The summed E-state index contributed by atoms with van der Waals surface area (Å²) in [7, 11) is 0. The fourth-order valence-corrected chi connectivity index (χ4v) is 2.42. The van der Waals surface area contributed by atoms with Crippen LogP contribution < -0.4 is 5.32 Å². The van der Waals surface area contributed by atoms with Crippen LogP contribution in [0, 0.1) is 19.8 Å². The molecule has 0 fully saturated rings. The summed E-state index contributed by atoms with van der Waals surface area (Å²) in [5.74, 6) is 0.604. The molecule has 0 aliphatic carbocycles. The number of hydrogen-bond acceptors (Lipinski definition) is 1. The molecule has 1 aromatic carbocycles. The SMILES string of the molecule is Cc1cccc(C(=O)NC(CBr)CC(C)C)c1C. The summed E-state index contributed by atoms with van der Waals surface area (Å²) in [4.78, 5) is 12.2. The van der Waals surface area contributed by atoms with Crippen molar-refractivity contribution in [2.75, 3.05) is 5.33 Å². The first kappa shape index (κ1) is 15.2. The number of halogens is 1. The highest BCUT2D eigenvalue weighted by molar-refractivity contribution is 9.09. The molecule has 0 saturated heterocycles. The van der Waals surface area contributed by atoms with Gasteiger partial charge in [-0.2, -0.15) is 0 Å². The summed E-state index contributed by atoms with van der Waals surface area (Å²) in [6, 6.07) is 6.04. The van der Waals surface area contributed by atoms with E-state index in [1.807, 2.05) is 32.0 Å². The average molecular weight is 312 g/mol. The quantitative estimate of drug-likeness (QED) is 0.822. The van der Waals surface area contributed by atoms with E-state index in [9.17, 15) is 4.79 Å². The lowest BCUT2D eigenvalue weighted by molar-refractivity contribution is 0.0936. The van der Waals surface area contributed by atoms with Gasteiger partial charge in [-0.3, -0.25) is 4.79 Å². The van der Waals surface area contributed by atoms with Gasteiger partial charge in [0.1, 0.15) is 0 Å². The normalized spacial score (nSPS) is 12.6. The predicted octanol–water partition coefficient (Wildman–Crippen LogP) is 3.84. The van der Waals surface area contributed by atoms with Crippen molar-refractivity contribution < 1.29 is 4.79 Å². The lowest BCUT2D eigenvalue weighted by atomic mass is 10.0. The second-order valence-corrected chi connectivity index (χ2v) is 5.85. The van der Waals surface area contributed by atoms with Crippen molar-refractivity contribution in [1.82, 2.24) is 5.32 Å². The number of aryl methyl sites for hydroxylation is 1. The van der Waals surface area contributed by atoms with Crippen LogP contribution in [0.3, 0.4) is 0 Å². The van der Waals surface area contributed by atoms with Gasteiger partial charge in [-0.05, 0) is 43.4 Å². The Kier molecular flexibility index (Phi) is 5.86. The van der Waals surface area contributed by atoms with Gasteiger partial charge in [0.05, 0.1) is 0 Å². The first-order valence-electron chi connectivity index (χ1n) is 6.38. The number of amides is 1. The van der Waals surface area contributed by atoms with Gasteiger partial charge >= 0.3 is 0 Å². The zero-order valence-electron chi connectivity index (χ0n) is 11.6. The fraction of sp³-hybridized carbons (Fsp3) is 0.533. The topological polar surface area (TPSA) is 29.1 Å². The van der Waals surface area contributed by atoms with Crippen LogP contribution in [0.5, 0.6) is 0 Å². The van der Waals surface area contributed by atoms with E-state index in [-0.39, 0.29) is 11.9 Å². The molecule has 100 valence electrons. The Morgan fingerprint density at radius 3 is 2.56 bits per heavy atom. The highest BCUT2D eigenvalue weighted by atomic mass is 79.9. The summed E-state index contributed by atoms with van der Waals surface area (Å²) >= 11 is 3.46. The van der Waals surface area contributed by atoms with Gasteiger partial charge in [-0.25, -0.2) is 0 Å². The van der Waals surface area contributed by atoms with Crippen molar-refractivity contribution in [3.63, 3.8) is 0 Å². The van der Waals surface area contributed by atoms with Gasteiger partial charge in [0.25, 0.3) is 5.91 Å². The van der Waals surface area contributed by atoms with Crippen LogP contribution in [-0.4, -0.2) is 17.3 Å². The minimum absolute atomic E-state index is 0.0290. The summed E-state index contributed by atoms with van der Waals surface area (Å²) in [6.45, 7) is 8.36. The number of carbonyl (C=O) groups is 1. The van der Waals surface area contributed by atoms with Crippen LogP contribution in [0.25, 0.3) is 0 Å². The zero-order chi connectivity index (χ0) is 13.7. The maximum absolute atomic E-state index is 12.2. The summed E-state index contributed by atoms with van der Waals surface area (Å²) < 4.78 is 0. The van der Waals surface area contributed by atoms with E-state index in [0.717, 1.165) is 28.4 Å². The molecule has 0 bridgehead atoms. The molecule has 1 unspecified atom stereocenters. The molecule has 1 amide bonds. The van der Waals surface area contributed by atoms with Crippen LogP contribution in [0.2, 0.25) is 0 Å². The van der Waals surface area contributed by atoms with Gasteiger partial charge in [-0.1, -0.05) is 41.9 Å². The molecular weight excluding hydrogens is 290 g/mol. The van der Waals surface area contributed by atoms with Crippen LogP contribution in [0.1, 0.15) is 41.8 Å². The number of alkyl halides is 1. The molecule has 0 aliphatic heterocycles. The van der Waals surface area contributed by atoms with Crippen molar-refractivity contribution in [1.29, 1.82) is 0 Å². The lowest BCUT2D eigenvalue weighted by Gasteiger charge is -2.19. The smallest absolute Gasteiger partial charge is 0.251 e. The standard InChI is InChI=1S/C15H22BrNO/c1-10(2)8-13(9-16)17-15(18)14-7-5-6-11(3)12(14)4/h5-7,10,13H,8-9H2,1-4H3,(H,17,18). The minimum Gasteiger partial charge on any atom is -0.348 e. The molecule has 2 nitrogen and oxygen atoms in total. The highest BCUT2D eigenvalue weighted by Gasteiger charge is 2.15. The second-order valence-electron chi connectivity index (χ2n) is 5.20. The van der Waals surface area contributed by atoms with Crippen molar-refractivity contribution in [2.45, 2.75) is 40.2 Å². The molecule has 1 aromatic rings. The largest absolute Gasteiger partial charge is 0.348 e. The highest BCUT2D eigenvalue weighted by Crippen LogP contribution is 2.14. The summed E-state index contributed by atoms with van der Waals surface area (Å²) in [5.41, 5.74) is 3.00. The van der Waals surface area contributed by atoms with E-state index in [0.29, 0.717) is 5.92 Å². The third kappa shape index (κ3) is 4.13. The Balaban J connectivity index is 2.78. The first-order valence-corrected chi connectivity index (χ1v) is 7.50. The number of hydrogen-bond donors (Lipinski definition) is 1. The average Bonchev–Trinajstić information content (AvgIpc) is 2.31. The molecule has 1 N–H and O–H groups in total. The van der Waals surface area contributed by atoms with E-state index in [1.54, 1.807) is 0 Å². The molecule has 18 heavy (non-hydrogen) atoms. The monoisotopic (exact) mass is 311 g/mol. The Morgan fingerprint density at radius 2 is 2.00 bits per heavy atom. The molecule has 0 aliphatic rings. The molecule has 0 radical (unpaired) electrons. The molecule has 0 spiro atoms. The third-order valence-corrected chi connectivity index (χ3v) is 3.91. The maximum atomic E-state index is 12.2. The van der Waals surface area contributed by atoms with E-state index in [4.69, 9.17) is 0 Å². The molecule has 3 heteroatoms. The third-order valence-electron chi connectivity index (χ3n) is 3.13. The molecule has 0 saturated carbocycles. The van der Waals surface area contributed by atoms with E-state index in [1.165, 1.54) is 0 Å². The molecule has 1 rings (SSSR count). The Labute approximate surface area is 118 Å². The van der Waals surface area contributed by atoms with Gasteiger partial charge < -0.3 is 5.32 Å². The van der Waals surface area contributed by atoms with Crippen molar-refractivity contribution in [2.24, 2.45) is 5.92 Å². The fourth-order valence-electron chi connectivity index (χ4n) is 1.99. The van der Waals surface area contributed by atoms with Crippen LogP contribution in [0.15, 0.2) is 18.2 Å². The van der Waals surface area contributed by atoms with E-state index in [2.05, 4.69) is 35.1 Å². The Morgan fingerprint density at radius 1 is 1.33 bits per heavy atom. The van der Waals surface area contributed by atoms with Crippen molar-refractivity contribution in [3.05, 3.63) is 34.9 Å². The van der Waals surface area contributed by atoms with Gasteiger partial charge in [0.15, 0.2) is 0 Å². The number of rotatable bonds is 5. The number of benzene rings is 1. The lowest BCUT2D eigenvalue weighted by Crippen LogP contribution is -2.37. The van der Waals surface area contributed by atoms with Gasteiger partial charge in [-0.15, -0.1) is 0 Å². The van der Waals surface area contributed by atoms with Crippen molar-refractivity contribution in [3.8, 4) is 0 Å². The molecule has 0 heterocycles. The summed E-state index contributed by atoms with van der Waals surface area (Å²) in [5, 5.41) is 3.89. The van der Waals surface area contributed by atoms with Crippen LogP contribution in [0.4, 0.5) is 0 Å². The van der Waals surface area contributed by atoms with Crippen LogP contribution >= 0.6 is 15.9 Å². The maximum Gasteiger partial charge on any atom is 0.251 e. The van der Waals surface area contributed by atoms with Crippen LogP contribution in [-0.2, 0) is 0 Å². The Bertz CT molecular complexity index is 415. The predicted molar refractivity (Wildman–Crippen MR) is 80.4 cm³/mol. The van der Waals surface area contributed by atoms with E-state index >= 15 is 0 Å². The van der Waals surface area contributed by atoms with E-state index < -0.39 is 0 Å². The van der Waals surface area contributed by atoms with Gasteiger partial charge in [0, 0.05) is 16.9 Å². The number of carbonyl (C=O) groups excluding carboxylic acids is 1. The zero-order valence-corrected chi connectivity index (χ0v) is 13.2. The first-order chi connectivity index (χ1) is 8.45. The molecular formula is C15H22BrNO. The second kappa shape index (κ2) is 6.93. The number of nitrogens with one attached hydrogen (secondary N) is 1. The van der Waals surface area contributed by atoms with Crippen molar-refractivity contribution >= 4 is 21.8 Å². The van der Waals surface area contributed by atoms with Gasteiger partial charge in [0.2, 0.25) is 0 Å². The Hall–Kier alpha value is -0.830.